The Morgan fingerprint density at radius 2 is 1.09 bits per heavy atom. The topological polar surface area (TPSA) is 57.5 Å². The Labute approximate surface area is 326 Å². The molecule has 3 aromatic heterocycles. The van der Waals surface area contributed by atoms with Crippen LogP contribution in [-0.2, 0) is 0 Å². The third kappa shape index (κ3) is 4.92. The van der Waals surface area contributed by atoms with E-state index in [9.17, 15) is 4.79 Å². The molecule has 0 amide bonds. The molecular weight excluding hydrogens is 703 g/mol. The fraction of sp³-hybridized carbons (Fsp3) is 0.0192. The van der Waals surface area contributed by atoms with E-state index in [1.54, 1.807) is 6.07 Å². The first-order valence-corrected chi connectivity index (χ1v) is 19.1. The summed E-state index contributed by atoms with van der Waals surface area (Å²) in [6, 6.07) is 62.0. The van der Waals surface area contributed by atoms with Crippen molar-refractivity contribution in [3.8, 4) is 39.6 Å². The van der Waals surface area contributed by atoms with Crippen LogP contribution >= 0.6 is 0 Å². The average molecular weight is 734 g/mol. The molecule has 1 aliphatic rings. The lowest BCUT2D eigenvalue weighted by atomic mass is 9.82. The summed E-state index contributed by atoms with van der Waals surface area (Å²) in [5, 5.41) is 4.89. The van der Waals surface area contributed by atoms with Gasteiger partial charge in [-0.2, -0.15) is 0 Å². The van der Waals surface area contributed by atoms with Crippen LogP contribution in [0.25, 0.3) is 82.9 Å². The van der Waals surface area contributed by atoms with Gasteiger partial charge in [0.05, 0.1) is 16.4 Å². The van der Waals surface area contributed by atoms with Crippen molar-refractivity contribution >= 4 is 54.7 Å². The number of benzene rings is 8. The molecule has 0 atom stereocenters. The zero-order chi connectivity index (χ0) is 37.6. The molecule has 0 unspecified atom stereocenters. The number of para-hydroxylation sites is 3. The van der Waals surface area contributed by atoms with Crippen molar-refractivity contribution in [2.75, 3.05) is 0 Å². The van der Waals surface area contributed by atoms with E-state index >= 15 is 0 Å². The lowest BCUT2D eigenvalue weighted by Crippen LogP contribution is -2.11. The molecule has 4 heterocycles. The van der Waals surface area contributed by atoms with E-state index in [4.69, 9.17) is 13.6 Å². The van der Waals surface area contributed by atoms with Crippen LogP contribution < -0.4 is 10.2 Å². The molecule has 5 nitrogen and oxygen atoms in total. The molecule has 12 rings (SSSR count). The normalized spacial score (nSPS) is 12.7. The van der Waals surface area contributed by atoms with Crippen molar-refractivity contribution in [3.05, 3.63) is 209 Å². The number of hydrogen-bond acceptors (Lipinski definition) is 4. The summed E-state index contributed by atoms with van der Waals surface area (Å²) in [6.07, 6.45) is 0. The molecule has 1 aliphatic heterocycles. The number of hydrogen-bond donors (Lipinski definition) is 0. The Morgan fingerprint density at radius 1 is 0.421 bits per heavy atom. The smallest absolute Gasteiger partial charge is 0.193 e. The van der Waals surface area contributed by atoms with Gasteiger partial charge in [0, 0.05) is 62.0 Å². The van der Waals surface area contributed by atoms with Crippen LogP contribution in [0.15, 0.2) is 196 Å². The third-order valence-electron chi connectivity index (χ3n) is 11.5. The Balaban J connectivity index is 0.957. The first kappa shape index (κ1) is 31.7. The van der Waals surface area contributed by atoms with Gasteiger partial charge in [0.2, 0.25) is 0 Å². The standard InChI is InChI=1S/C52H31NO4/c54-45-30-50(32-10-2-1-3-11-32)56-49-25-23-35(27-42(45)49)53-43-15-7-4-12-36(43)39-28-41-40-26-34(22-24-48(40)57-51(41)29-44(39)53)31-18-20-33(21-19-31)52-37-13-5-8-16-46(37)55-47-17-9-6-14-38(47)52/h1-30,52H. The highest BCUT2D eigenvalue weighted by atomic mass is 16.5. The van der Waals surface area contributed by atoms with Crippen molar-refractivity contribution in [2.45, 2.75) is 5.92 Å². The largest absolute Gasteiger partial charge is 0.457 e. The lowest BCUT2D eigenvalue weighted by molar-refractivity contribution is 0.453. The maximum atomic E-state index is 13.5. The van der Waals surface area contributed by atoms with Crippen LogP contribution in [0.3, 0.4) is 0 Å². The molecule has 8 aromatic carbocycles. The lowest BCUT2D eigenvalue weighted by Gasteiger charge is -2.28. The predicted molar refractivity (Wildman–Crippen MR) is 229 cm³/mol. The molecular formula is C52H31NO4. The summed E-state index contributed by atoms with van der Waals surface area (Å²) in [5.74, 6) is 2.45. The summed E-state index contributed by atoms with van der Waals surface area (Å²) >= 11 is 0. The Kier molecular flexibility index (Phi) is 6.78. The number of rotatable bonds is 4. The molecule has 0 N–H and O–H groups in total. The van der Waals surface area contributed by atoms with E-state index in [2.05, 4.69) is 108 Å². The molecule has 0 saturated heterocycles. The molecule has 11 aromatic rings. The molecule has 0 spiro atoms. The van der Waals surface area contributed by atoms with Crippen LogP contribution in [0, 0.1) is 0 Å². The minimum atomic E-state index is -0.0814. The maximum absolute atomic E-state index is 13.5. The van der Waals surface area contributed by atoms with Gasteiger partial charge in [-0.15, -0.1) is 0 Å². The molecule has 57 heavy (non-hydrogen) atoms. The van der Waals surface area contributed by atoms with E-state index < -0.39 is 0 Å². The molecule has 0 bridgehead atoms. The third-order valence-corrected chi connectivity index (χ3v) is 11.5. The Morgan fingerprint density at radius 3 is 1.89 bits per heavy atom. The average Bonchev–Trinajstić information content (AvgIpc) is 3.79. The van der Waals surface area contributed by atoms with E-state index in [0.29, 0.717) is 16.7 Å². The van der Waals surface area contributed by atoms with Gasteiger partial charge in [0.15, 0.2) is 5.43 Å². The van der Waals surface area contributed by atoms with Gasteiger partial charge in [-0.05, 0) is 71.3 Å². The predicted octanol–water partition coefficient (Wildman–Crippen LogP) is 13.4. The summed E-state index contributed by atoms with van der Waals surface area (Å²) in [5.41, 5.74) is 11.7. The van der Waals surface area contributed by atoms with Crippen LogP contribution in [0.1, 0.15) is 22.6 Å². The van der Waals surface area contributed by atoms with Crippen molar-refractivity contribution in [1.82, 2.24) is 4.57 Å². The van der Waals surface area contributed by atoms with Crippen molar-refractivity contribution in [1.29, 1.82) is 0 Å². The molecule has 0 saturated carbocycles. The van der Waals surface area contributed by atoms with Crippen LogP contribution in [0.2, 0.25) is 0 Å². The monoisotopic (exact) mass is 733 g/mol. The first-order chi connectivity index (χ1) is 28.1. The molecule has 268 valence electrons. The van der Waals surface area contributed by atoms with Gasteiger partial charge in [-0.1, -0.05) is 115 Å². The van der Waals surface area contributed by atoms with Crippen LogP contribution in [-0.4, -0.2) is 4.57 Å². The number of ether oxygens (including phenoxy) is 1. The first-order valence-electron chi connectivity index (χ1n) is 19.1. The van der Waals surface area contributed by atoms with E-state index in [1.807, 2.05) is 72.8 Å². The summed E-state index contributed by atoms with van der Waals surface area (Å²) in [4.78, 5) is 13.5. The molecule has 5 heteroatoms. The highest BCUT2D eigenvalue weighted by Crippen LogP contribution is 2.47. The summed E-state index contributed by atoms with van der Waals surface area (Å²) < 4.78 is 21.3. The maximum Gasteiger partial charge on any atom is 0.193 e. The van der Waals surface area contributed by atoms with E-state index in [1.165, 1.54) is 16.7 Å². The molecule has 0 aliphatic carbocycles. The summed E-state index contributed by atoms with van der Waals surface area (Å²) in [7, 11) is 0. The van der Waals surface area contributed by atoms with E-state index in [-0.39, 0.29) is 11.3 Å². The summed E-state index contributed by atoms with van der Waals surface area (Å²) in [6.45, 7) is 0. The van der Waals surface area contributed by atoms with Gasteiger partial charge in [-0.3, -0.25) is 4.79 Å². The Bertz CT molecular complexity index is 3420. The minimum absolute atomic E-state index is 0.0814. The fourth-order valence-corrected chi connectivity index (χ4v) is 8.86. The minimum Gasteiger partial charge on any atom is -0.457 e. The fourth-order valence-electron chi connectivity index (χ4n) is 8.86. The number of fused-ring (bicyclic) bond motifs is 9. The quantitative estimate of drug-likeness (QED) is 0.181. The highest BCUT2D eigenvalue weighted by molar-refractivity contribution is 6.17. The van der Waals surface area contributed by atoms with Gasteiger partial charge >= 0.3 is 0 Å². The van der Waals surface area contributed by atoms with Crippen molar-refractivity contribution in [2.24, 2.45) is 0 Å². The second kappa shape index (κ2) is 12.2. The van der Waals surface area contributed by atoms with Crippen LogP contribution in [0.4, 0.5) is 0 Å². The van der Waals surface area contributed by atoms with Gasteiger partial charge in [0.25, 0.3) is 0 Å². The zero-order valence-corrected chi connectivity index (χ0v) is 30.5. The van der Waals surface area contributed by atoms with Crippen LogP contribution in [0.5, 0.6) is 11.5 Å². The highest BCUT2D eigenvalue weighted by Gasteiger charge is 2.28. The van der Waals surface area contributed by atoms with Gasteiger partial charge < -0.3 is 18.1 Å². The molecule has 0 radical (unpaired) electrons. The van der Waals surface area contributed by atoms with Gasteiger partial charge in [-0.25, -0.2) is 0 Å². The van der Waals surface area contributed by atoms with Gasteiger partial charge in [0.1, 0.15) is 34.0 Å². The van der Waals surface area contributed by atoms with Crippen molar-refractivity contribution in [3.63, 3.8) is 0 Å². The van der Waals surface area contributed by atoms with E-state index in [0.717, 1.165) is 77.6 Å². The van der Waals surface area contributed by atoms with Crippen molar-refractivity contribution < 1.29 is 13.6 Å². The number of furan rings is 1. The number of aromatic nitrogens is 1. The molecule has 0 fully saturated rings. The number of nitrogens with zero attached hydrogens (tertiary/aromatic N) is 1. The second-order valence-corrected chi connectivity index (χ2v) is 14.8. The second-order valence-electron chi connectivity index (χ2n) is 14.8. The SMILES string of the molecule is O=c1cc(-c2ccccc2)oc2ccc(-n3c4ccccc4c4cc5c(cc43)oc3ccc(-c4ccc(C6c7ccccc7Oc7ccccc76)cc4)cc35)cc12. The zero-order valence-electron chi connectivity index (χ0n) is 30.5. The Hall–Kier alpha value is -7.63.